The molecule has 0 radical (unpaired) electrons. The van der Waals surface area contributed by atoms with Gasteiger partial charge in [-0.25, -0.2) is 0 Å². The van der Waals surface area contributed by atoms with Crippen LogP contribution < -0.4 is 5.73 Å². The van der Waals surface area contributed by atoms with Gasteiger partial charge in [-0.2, -0.15) is 0 Å². The molecule has 2 N–H and O–H groups in total. The smallest absolute Gasteiger partial charge is 0.240 e. The van der Waals surface area contributed by atoms with Crippen LogP contribution in [0.4, 0.5) is 0 Å². The molecule has 0 fully saturated rings. The molecule has 1 unspecified atom stereocenters. The summed E-state index contributed by atoms with van der Waals surface area (Å²) in [6.45, 7) is 6.75. The molecular formula is C15H24N2O. The maximum Gasteiger partial charge on any atom is 0.240 e. The summed E-state index contributed by atoms with van der Waals surface area (Å²) in [5.74, 6) is 0.0516. The summed E-state index contributed by atoms with van der Waals surface area (Å²) < 4.78 is 0. The van der Waals surface area contributed by atoms with Gasteiger partial charge >= 0.3 is 0 Å². The van der Waals surface area contributed by atoms with Gasteiger partial charge in [-0.05, 0) is 25.3 Å². The van der Waals surface area contributed by atoms with Crippen molar-refractivity contribution in [3.63, 3.8) is 0 Å². The van der Waals surface area contributed by atoms with Crippen molar-refractivity contribution in [2.45, 2.75) is 52.2 Å². The van der Waals surface area contributed by atoms with Gasteiger partial charge in [-0.1, -0.05) is 44.2 Å². The fraction of sp³-hybridized carbons (Fsp3) is 0.533. The number of hydrogen-bond donors (Lipinski definition) is 1. The minimum atomic E-state index is -0.386. The second-order valence-corrected chi connectivity index (χ2v) is 4.72. The fourth-order valence-electron chi connectivity index (χ4n) is 1.84. The average molecular weight is 248 g/mol. The van der Waals surface area contributed by atoms with Crippen molar-refractivity contribution in [1.29, 1.82) is 0 Å². The average Bonchev–Trinajstić information content (AvgIpc) is 2.43. The standard InChI is InChI=1S/C15H24N2O/c1-4-12(3)17(15(18)14(16)5-2)11-13-9-7-6-8-10-13/h6-10,12,14H,4-5,11,16H2,1-3H3/t12?,14-/m1/s1. The summed E-state index contributed by atoms with van der Waals surface area (Å²) in [5, 5.41) is 0. The maximum atomic E-state index is 12.3. The van der Waals surface area contributed by atoms with Gasteiger partial charge in [0.05, 0.1) is 6.04 Å². The van der Waals surface area contributed by atoms with Gasteiger partial charge < -0.3 is 10.6 Å². The van der Waals surface area contributed by atoms with E-state index in [0.717, 1.165) is 12.0 Å². The lowest BCUT2D eigenvalue weighted by Crippen LogP contribution is -2.46. The molecule has 1 rings (SSSR count). The minimum Gasteiger partial charge on any atom is -0.334 e. The fourth-order valence-corrected chi connectivity index (χ4v) is 1.84. The van der Waals surface area contributed by atoms with Gasteiger partial charge in [0.1, 0.15) is 0 Å². The van der Waals surface area contributed by atoms with Crippen LogP contribution in [-0.2, 0) is 11.3 Å². The van der Waals surface area contributed by atoms with Gasteiger partial charge in [-0.15, -0.1) is 0 Å². The highest BCUT2D eigenvalue weighted by atomic mass is 16.2. The van der Waals surface area contributed by atoms with E-state index in [9.17, 15) is 4.79 Å². The molecule has 0 aliphatic rings. The van der Waals surface area contributed by atoms with Gasteiger partial charge in [0.15, 0.2) is 0 Å². The quantitative estimate of drug-likeness (QED) is 0.841. The lowest BCUT2D eigenvalue weighted by molar-refractivity contribution is -0.135. The summed E-state index contributed by atoms with van der Waals surface area (Å²) in [5.41, 5.74) is 7.02. The zero-order chi connectivity index (χ0) is 13.5. The number of nitrogens with two attached hydrogens (primary N) is 1. The zero-order valence-electron chi connectivity index (χ0n) is 11.6. The van der Waals surface area contributed by atoms with Crippen LogP contribution in [0.15, 0.2) is 30.3 Å². The normalized spacial score (nSPS) is 14.0. The predicted molar refractivity (Wildman–Crippen MR) is 75.0 cm³/mol. The van der Waals surface area contributed by atoms with Crippen molar-refractivity contribution in [3.05, 3.63) is 35.9 Å². The number of rotatable bonds is 6. The van der Waals surface area contributed by atoms with Gasteiger partial charge in [0, 0.05) is 12.6 Å². The van der Waals surface area contributed by atoms with E-state index in [1.54, 1.807) is 0 Å². The highest BCUT2D eigenvalue weighted by molar-refractivity contribution is 5.81. The topological polar surface area (TPSA) is 46.3 Å². The summed E-state index contributed by atoms with van der Waals surface area (Å²) in [6.07, 6.45) is 1.62. The number of carbonyl (C=O) groups excluding carboxylic acids is 1. The monoisotopic (exact) mass is 248 g/mol. The van der Waals surface area contributed by atoms with Crippen molar-refractivity contribution in [1.82, 2.24) is 4.90 Å². The Bertz CT molecular complexity index is 364. The first kappa shape index (κ1) is 14.7. The van der Waals surface area contributed by atoms with Crippen molar-refractivity contribution in [2.75, 3.05) is 0 Å². The molecule has 0 aromatic heterocycles. The van der Waals surface area contributed by atoms with Gasteiger partial charge in [0.2, 0.25) is 5.91 Å². The van der Waals surface area contributed by atoms with E-state index in [2.05, 4.69) is 13.8 Å². The van der Waals surface area contributed by atoms with E-state index in [4.69, 9.17) is 5.73 Å². The second kappa shape index (κ2) is 7.17. The third kappa shape index (κ3) is 3.84. The van der Waals surface area contributed by atoms with E-state index >= 15 is 0 Å². The molecule has 0 spiro atoms. The Morgan fingerprint density at radius 2 is 1.83 bits per heavy atom. The number of amides is 1. The highest BCUT2D eigenvalue weighted by Crippen LogP contribution is 2.12. The van der Waals surface area contributed by atoms with Crippen LogP contribution in [-0.4, -0.2) is 22.9 Å². The second-order valence-electron chi connectivity index (χ2n) is 4.72. The predicted octanol–water partition coefficient (Wildman–Crippen LogP) is 2.55. The zero-order valence-corrected chi connectivity index (χ0v) is 11.6. The first-order valence-corrected chi connectivity index (χ1v) is 6.70. The Morgan fingerprint density at radius 3 is 2.33 bits per heavy atom. The van der Waals surface area contributed by atoms with Crippen molar-refractivity contribution in [3.8, 4) is 0 Å². The van der Waals surface area contributed by atoms with Crippen molar-refractivity contribution < 1.29 is 4.79 Å². The molecule has 3 nitrogen and oxygen atoms in total. The van der Waals surface area contributed by atoms with Gasteiger partial charge in [0.25, 0.3) is 0 Å². The minimum absolute atomic E-state index is 0.0516. The van der Waals surface area contributed by atoms with Gasteiger partial charge in [-0.3, -0.25) is 4.79 Å². The first-order valence-electron chi connectivity index (χ1n) is 6.70. The highest BCUT2D eigenvalue weighted by Gasteiger charge is 2.23. The van der Waals surface area contributed by atoms with E-state index < -0.39 is 0 Å². The molecular weight excluding hydrogens is 224 g/mol. The molecule has 1 aromatic rings. The molecule has 0 aliphatic carbocycles. The van der Waals surface area contributed by atoms with Crippen LogP contribution in [0.3, 0.4) is 0 Å². The number of hydrogen-bond acceptors (Lipinski definition) is 2. The molecule has 3 heteroatoms. The van der Waals surface area contributed by atoms with Crippen LogP contribution in [0, 0.1) is 0 Å². The Hall–Kier alpha value is -1.35. The number of benzene rings is 1. The Morgan fingerprint density at radius 1 is 1.22 bits per heavy atom. The Kier molecular flexibility index (Phi) is 5.86. The van der Waals surface area contributed by atoms with Crippen molar-refractivity contribution in [2.24, 2.45) is 5.73 Å². The van der Waals surface area contributed by atoms with E-state index in [0.29, 0.717) is 13.0 Å². The van der Waals surface area contributed by atoms with E-state index in [-0.39, 0.29) is 18.0 Å². The SMILES string of the molecule is CCC(C)N(Cc1ccccc1)C(=O)[C@H](N)CC. The molecule has 2 atom stereocenters. The first-order chi connectivity index (χ1) is 8.60. The van der Waals surface area contributed by atoms with E-state index in [1.807, 2.05) is 42.2 Å². The molecule has 1 amide bonds. The summed E-state index contributed by atoms with van der Waals surface area (Å²) in [6, 6.07) is 9.89. The van der Waals surface area contributed by atoms with Crippen molar-refractivity contribution >= 4 is 5.91 Å². The van der Waals surface area contributed by atoms with Crippen LogP contribution in [0.2, 0.25) is 0 Å². The van der Waals surface area contributed by atoms with Crippen LogP contribution in [0.5, 0.6) is 0 Å². The number of carbonyl (C=O) groups is 1. The summed E-state index contributed by atoms with van der Waals surface area (Å²) in [7, 11) is 0. The lowest BCUT2D eigenvalue weighted by Gasteiger charge is -2.31. The van der Waals surface area contributed by atoms with Crippen LogP contribution in [0.1, 0.15) is 39.2 Å². The van der Waals surface area contributed by atoms with Crippen LogP contribution >= 0.6 is 0 Å². The third-order valence-electron chi connectivity index (χ3n) is 3.36. The third-order valence-corrected chi connectivity index (χ3v) is 3.36. The van der Waals surface area contributed by atoms with Crippen LogP contribution in [0.25, 0.3) is 0 Å². The number of nitrogens with zero attached hydrogens (tertiary/aromatic N) is 1. The molecule has 0 saturated carbocycles. The molecule has 18 heavy (non-hydrogen) atoms. The Balaban J connectivity index is 2.82. The molecule has 1 aromatic carbocycles. The Labute approximate surface area is 110 Å². The molecule has 100 valence electrons. The molecule has 0 bridgehead atoms. The maximum absolute atomic E-state index is 12.3. The molecule has 0 aliphatic heterocycles. The molecule has 0 saturated heterocycles. The largest absolute Gasteiger partial charge is 0.334 e. The summed E-state index contributed by atoms with van der Waals surface area (Å²) in [4.78, 5) is 14.2. The van der Waals surface area contributed by atoms with E-state index in [1.165, 1.54) is 0 Å². The molecule has 0 heterocycles. The lowest BCUT2D eigenvalue weighted by atomic mass is 10.1. The summed E-state index contributed by atoms with van der Waals surface area (Å²) >= 11 is 0.